The van der Waals surface area contributed by atoms with E-state index >= 15 is 0 Å². The summed E-state index contributed by atoms with van der Waals surface area (Å²) in [5.74, 6) is -0.782. The van der Waals surface area contributed by atoms with Crippen molar-refractivity contribution in [1.29, 1.82) is 0 Å². The number of hydrogen-bond acceptors (Lipinski definition) is 4. The molecule has 0 saturated heterocycles. The maximum Gasteiger partial charge on any atom is 0.339 e. The number of aromatic carboxylic acids is 1. The Balaban J connectivity index is 2.15. The fourth-order valence-electron chi connectivity index (χ4n) is 2.51. The molecular weight excluding hydrogens is 232 g/mol. The van der Waals surface area contributed by atoms with Crippen LogP contribution in [0.2, 0.25) is 0 Å². The number of hydrogen-bond donors (Lipinski definition) is 3. The number of carbonyl (C=O) groups is 1. The summed E-state index contributed by atoms with van der Waals surface area (Å²) < 4.78 is 0. The van der Waals surface area contributed by atoms with Crippen LogP contribution in [0.15, 0.2) is 18.5 Å². The lowest BCUT2D eigenvalue weighted by Gasteiger charge is -2.32. The second kappa shape index (κ2) is 5.82. The van der Waals surface area contributed by atoms with Crippen LogP contribution in [0.25, 0.3) is 0 Å². The van der Waals surface area contributed by atoms with Crippen molar-refractivity contribution in [2.24, 2.45) is 5.92 Å². The Labute approximate surface area is 106 Å². The maximum atomic E-state index is 11.1. The zero-order valence-corrected chi connectivity index (χ0v) is 10.2. The second-order valence-corrected chi connectivity index (χ2v) is 4.70. The van der Waals surface area contributed by atoms with Gasteiger partial charge in [-0.1, -0.05) is 12.8 Å². The number of aliphatic hydroxyl groups is 1. The van der Waals surface area contributed by atoms with Gasteiger partial charge in [0.25, 0.3) is 0 Å². The van der Waals surface area contributed by atoms with Crippen molar-refractivity contribution in [3.05, 3.63) is 24.0 Å². The Bertz CT molecular complexity index is 422. The van der Waals surface area contributed by atoms with Gasteiger partial charge in [0, 0.05) is 31.0 Å². The molecule has 1 aromatic heterocycles. The van der Waals surface area contributed by atoms with Crippen molar-refractivity contribution in [2.75, 3.05) is 11.9 Å². The third kappa shape index (κ3) is 2.79. The second-order valence-electron chi connectivity index (χ2n) is 4.70. The van der Waals surface area contributed by atoms with E-state index in [2.05, 4.69) is 10.3 Å². The van der Waals surface area contributed by atoms with E-state index in [4.69, 9.17) is 5.11 Å². The highest BCUT2D eigenvalue weighted by Gasteiger charge is 2.25. The Morgan fingerprint density at radius 3 is 2.94 bits per heavy atom. The highest BCUT2D eigenvalue weighted by atomic mass is 16.4. The minimum atomic E-state index is -0.984. The molecule has 1 aliphatic rings. The molecule has 0 spiro atoms. The SMILES string of the molecule is O=C(O)c1cnccc1NC1CCCCC1CO. The van der Waals surface area contributed by atoms with Crippen LogP contribution in [0.5, 0.6) is 0 Å². The summed E-state index contributed by atoms with van der Waals surface area (Å²) in [5.41, 5.74) is 0.766. The molecule has 0 radical (unpaired) electrons. The molecule has 5 nitrogen and oxygen atoms in total. The summed E-state index contributed by atoms with van der Waals surface area (Å²) in [4.78, 5) is 14.9. The monoisotopic (exact) mass is 250 g/mol. The molecular formula is C13H18N2O3. The Kier molecular flexibility index (Phi) is 4.15. The lowest BCUT2D eigenvalue weighted by atomic mass is 9.85. The highest BCUT2D eigenvalue weighted by molar-refractivity contribution is 5.93. The van der Waals surface area contributed by atoms with Crippen molar-refractivity contribution in [1.82, 2.24) is 4.98 Å². The van der Waals surface area contributed by atoms with Gasteiger partial charge in [-0.15, -0.1) is 0 Å². The highest BCUT2D eigenvalue weighted by Crippen LogP contribution is 2.27. The molecule has 1 saturated carbocycles. The van der Waals surface area contributed by atoms with Crippen LogP contribution in [-0.2, 0) is 0 Å². The first-order valence-electron chi connectivity index (χ1n) is 6.27. The van der Waals surface area contributed by atoms with E-state index in [0.717, 1.165) is 25.7 Å². The van der Waals surface area contributed by atoms with Crippen LogP contribution >= 0.6 is 0 Å². The molecule has 2 unspecified atom stereocenters. The number of nitrogens with one attached hydrogen (secondary N) is 1. The minimum absolute atomic E-state index is 0.143. The van der Waals surface area contributed by atoms with Crippen LogP contribution in [-0.4, -0.2) is 33.8 Å². The molecule has 0 bridgehead atoms. The van der Waals surface area contributed by atoms with Gasteiger partial charge in [0.05, 0.1) is 5.69 Å². The van der Waals surface area contributed by atoms with Gasteiger partial charge < -0.3 is 15.5 Å². The fraction of sp³-hybridized carbons (Fsp3) is 0.538. The van der Waals surface area contributed by atoms with Gasteiger partial charge in [0.15, 0.2) is 0 Å². The van der Waals surface area contributed by atoms with Gasteiger partial charge in [-0.3, -0.25) is 4.98 Å². The standard InChI is InChI=1S/C13H18N2O3/c16-8-9-3-1-2-4-11(9)15-12-5-6-14-7-10(12)13(17)18/h5-7,9,11,16H,1-4,8H2,(H,14,15)(H,17,18). The summed E-state index contributed by atoms with van der Waals surface area (Å²) in [5, 5.41) is 21.7. The summed E-state index contributed by atoms with van der Waals surface area (Å²) in [6.45, 7) is 0.144. The molecule has 98 valence electrons. The van der Waals surface area contributed by atoms with Crippen LogP contribution in [0, 0.1) is 5.92 Å². The van der Waals surface area contributed by atoms with Gasteiger partial charge in [-0.2, -0.15) is 0 Å². The lowest BCUT2D eigenvalue weighted by Crippen LogP contribution is -2.34. The van der Waals surface area contributed by atoms with E-state index in [0.29, 0.717) is 5.69 Å². The number of rotatable bonds is 4. The molecule has 3 N–H and O–H groups in total. The van der Waals surface area contributed by atoms with Crippen molar-refractivity contribution in [2.45, 2.75) is 31.7 Å². The Hall–Kier alpha value is -1.62. The number of carboxylic acids is 1. The average molecular weight is 250 g/mol. The van der Waals surface area contributed by atoms with Crippen LogP contribution in [0.1, 0.15) is 36.0 Å². The summed E-state index contributed by atoms with van der Waals surface area (Å²) in [6.07, 6.45) is 7.12. The van der Waals surface area contributed by atoms with Gasteiger partial charge >= 0.3 is 5.97 Å². The first kappa shape index (κ1) is 12.8. The van der Waals surface area contributed by atoms with E-state index < -0.39 is 5.97 Å². The van der Waals surface area contributed by atoms with Crippen LogP contribution in [0.3, 0.4) is 0 Å². The number of carboxylic acid groups (broad SMARTS) is 1. The number of aromatic nitrogens is 1. The van der Waals surface area contributed by atoms with Crippen molar-refractivity contribution < 1.29 is 15.0 Å². The third-order valence-electron chi connectivity index (χ3n) is 3.54. The quantitative estimate of drug-likeness (QED) is 0.758. The maximum absolute atomic E-state index is 11.1. The van der Waals surface area contributed by atoms with E-state index in [9.17, 15) is 9.90 Å². The van der Waals surface area contributed by atoms with E-state index in [1.165, 1.54) is 6.20 Å². The largest absolute Gasteiger partial charge is 0.478 e. The van der Waals surface area contributed by atoms with Crippen LogP contribution < -0.4 is 5.32 Å². The normalized spacial score (nSPS) is 23.6. The first-order valence-corrected chi connectivity index (χ1v) is 6.27. The molecule has 1 aliphatic carbocycles. The topological polar surface area (TPSA) is 82.5 Å². The summed E-state index contributed by atoms with van der Waals surface area (Å²) in [7, 11) is 0. The summed E-state index contributed by atoms with van der Waals surface area (Å²) in [6, 6.07) is 1.82. The predicted molar refractivity (Wildman–Crippen MR) is 67.7 cm³/mol. The molecule has 0 aromatic carbocycles. The molecule has 2 rings (SSSR count). The van der Waals surface area contributed by atoms with Crippen molar-refractivity contribution >= 4 is 11.7 Å². The molecule has 0 aliphatic heterocycles. The van der Waals surface area contributed by atoms with Crippen molar-refractivity contribution in [3.63, 3.8) is 0 Å². The van der Waals surface area contributed by atoms with Gasteiger partial charge in [-0.25, -0.2) is 4.79 Å². The lowest BCUT2D eigenvalue weighted by molar-refractivity contribution is 0.0697. The van der Waals surface area contributed by atoms with Crippen molar-refractivity contribution in [3.8, 4) is 0 Å². The summed E-state index contributed by atoms with van der Waals surface area (Å²) >= 11 is 0. The fourth-order valence-corrected chi connectivity index (χ4v) is 2.51. The van der Waals surface area contributed by atoms with Gasteiger partial charge in [0.2, 0.25) is 0 Å². The Morgan fingerprint density at radius 2 is 2.22 bits per heavy atom. The number of nitrogens with zero attached hydrogens (tertiary/aromatic N) is 1. The number of aliphatic hydroxyl groups excluding tert-OH is 1. The third-order valence-corrected chi connectivity index (χ3v) is 3.54. The van der Waals surface area contributed by atoms with E-state index in [1.54, 1.807) is 12.3 Å². The zero-order chi connectivity index (χ0) is 13.0. The molecule has 18 heavy (non-hydrogen) atoms. The van der Waals surface area contributed by atoms with Gasteiger partial charge in [-0.05, 0) is 18.9 Å². The number of anilines is 1. The molecule has 0 amide bonds. The van der Waals surface area contributed by atoms with Gasteiger partial charge in [0.1, 0.15) is 5.56 Å². The van der Waals surface area contributed by atoms with E-state index in [1.807, 2.05) is 0 Å². The molecule has 1 heterocycles. The molecule has 2 atom stereocenters. The van der Waals surface area contributed by atoms with Crippen LogP contribution in [0.4, 0.5) is 5.69 Å². The Morgan fingerprint density at radius 1 is 1.44 bits per heavy atom. The smallest absolute Gasteiger partial charge is 0.339 e. The first-order chi connectivity index (χ1) is 8.72. The predicted octanol–water partition coefficient (Wildman–Crippen LogP) is 1.74. The zero-order valence-electron chi connectivity index (χ0n) is 10.2. The molecule has 1 fully saturated rings. The minimum Gasteiger partial charge on any atom is -0.478 e. The number of pyridine rings is 1. The molecule has 1 aromatic rings. The van der Waals surface area contributed by atoms with E-state index in [-0.39, 0.29) is 24.1 Å². The average Bonchev–Trinajstić information content (AvgIpc) is 2.40. The molecule has 5 heteroatoms.